The number of amides is 1. The molecule has 0 spiro atoms. The van der Waals surface area contributed by atoms with Gasteiger partial charge < -0.3 is 9.88 Å². The maximum atomic E-state index is 12.1. The Balaban J connectivity index is 1.56. The fourth-order valence-corrected chi connectivity index (χ4v) is 3.23. The minimum Gasteiger partial charge on any atom is -0.334 e. The van der Waals surface area contributed by atoms with E-state index in [2.05, 4.69) is 29.1 Å². The van der Waals surface area contributed by atoms with Crippen molar-refractivity contribution < 1.29 is 4.79 Å². The highest BCUT2D eigenvalue weighted by Gasteiger charge is 2.39. The molecule has 1 aliphatic heterocycles. The van der Waals surface area contributed by atoms with Gasteiger partial charge >= 0.3 is 0 Å². The molecule has 1 amide bonds. The summed E-state index contributed by atoms with van der Waals surface area (Å²) in [5, 5.41) is 3.03. The highest BCUT2D eigenvalue weighted by atomic mass is 16.2. The molecule has 114 valence electrons. The molecule has 0 bridgehead atoms. The van der Waals surface area contributed by atoms with Crippen LogP contribution < -0.4 is 5.32 Å². The van der Waals surface area contributed by atoms with Gasteiger partial charge in [0.05, 0.1) is 5.69 Å². The van der Waals surface area contributed by atoms with Gasteiger partial charge in [0, 0.05) is 36.3 Å². The number of carbonyl (C=O) groups excluding carboxylic acids is 1. The first-order valence-electron chi connectivity index (χ1n) is 8.18. The molecule has 0 radical (unpaired) electrons. The van der Waals surface area contributed by atoms with Gasteiger partial charge in [-0.05, 0) is 37.3 Å². The number of fused-ring (bicyclic) bond motifs is 1. The van der Waals surface area contributed by atoms with Gasteiger partial charge in [0.15, 0.2) is 0 Å². The number of nitrogens with one attached hydrogen (secondary N) is 1. The Morgan fingerprint density at radius 3 is 3.00 bits per heavy atom. The summed E-state index contributed by atoms with van der Waals surface area (Å²) in [4.78, 5) is 16.8. The predicted octanol–water partition coefficient (Wildman–Crippen LogP) is 3.48. The summed E-state index contributed by atoms with van der Waals surface area (Å²) in [6, 6.07) is 8.02. The Morgan fingerprint density at radius 2 is 2.23 bits per heavy atom. The molecule has 4 nitrogen and oxygen atoms in total. The minimum absolute atomic E-state index is 0.147. The number of nitrogens with zero attached hydrogens (tertiary/aromatic N) is 2. The molecule has 1 saturated carbocycles. The smallest absolute Gasteiger partial charge is 0.227 e. The third-order valence-corrected chi connectivity index (χ3v) is 4.78. The van der Waals surface area contributed by atoms with E-state index < -0.39 is 0 Å². The van der Waals surface area contributed by atoms with E-state index in [0.29, 0.717) is 5.92 Å². The van der Waals surface area contributed by atoms with E-state index in [-0.39, 0.29) is 11.8 Å². The highest BCUT2D eigenvalue weighted by molar-refractivity contribution is 5.94. The van der Waals surface area contributed by atoms with E-state index in [1.807, 2.05) is 18.2 Å². The van der Waals surface area contributed by atoms with Crippen LogP contribution in [0.25, 0.3) is 11.3 Å². The topological polar surface area (TPSA) is 46.9 Å². The second-order valence-corrected chi connectivity index (χ2v) is 6.58. The fourth-order valence-electron chi connectivity index (χ4n) is 3.23. The highest BCUT2D eigenvalue weighted by Crippen LogP contribution is 2.38. The molecule has 2 atom stereocenters. The minimum atomic E-state index is 0.147. The lowest BCUT2D eigenvalue weighted by Crippen LogP contribution is -2.14. The molecule has 4 rings (SSSR count). The van der Waals surface area contributed by atoms with Crippen molar-refractivity contribution >= 4 is 11.6 Å². The van der Waals surface area contributed by atoms with Crippen molar-refractivity contribution in [2.45, 2.75) is 39.2 Å². The van der Waals surface area contributed by atoms with Crippen molar-refractivity contribution in [1.29, 1.82) is 0 Å². The Bertz CT molecular complexity index is 695. The lowest BCUT2D eigenvalue weighted by molar-refractivity contribution is -0.117. The Labute approximate surface area is 130 Å². The van der Waals surface area contributed by atoms with E-state index in [9.17, 15) is 4.79 Å². The van der Waals surface area contributed by atoms with Crippen LogP contribution in [0.4, 0.5) is 5.69 Å². The molecule has 1 fully saturated rings. The van der Waals surface area contributed by atoms with Crippen LogP contribution in [0.2, 0.25) is 0 Å². The number of rotatable bonds is 3. The zero-order chi connectivity index (χ0) is 15.1. The molecule has 22 heavy (non-hydrogen) atoms. The van der Waals surface area contributed by atoms with Crippen LogP contribution >= 0.6 is 0 Å². The molecule has 1 aromatic carbocycles. The number of aromatic nitrogens is 2. The van der Waals surface area contributed by atoms with Crippen LogP contribution in [0.15, 0.2) is 30.5 Å². The lowest BCUT2D eigenvalue weighted by Gasteiger charge is -2.11. The summed E-state index contributed by atoms with van der Waals surface area (Å²) in [6.07, 6.45) is 6.68. The summed E-state index contributed by atoms with van der Waals surface area (Å²) in [6.45, 7) is 3.19. The Kier molecular flexibility index (Phi) is 3.25. The van der Waals surface area contributed by atoms with Gasteiger partial charge in [-0.3, -0.25) is 4.79 Å². The zero-order valence-corrected chi connectivity index (χ0v) is 12.9. The van der Waals surface area contributed by atoms with E-state index in [1.165, 1.54) is 18.7 Å². The van der Waals surface area contributed by atoms with Crippen LogP contribution in [0.1, 0.15) is 32.0 Å². The van der Waals surface area contributed by atoms with Gasteiger partial charge in [-0.2, -0.15) is 0 Å². The first-order valence-corrected chi connectivity index (χ1v) is 8.18. The van der Waals surface area contributed by atoms with Gasteiger partial charge in [-0.15, -0.1) is 0 Å². The molecule has 2 aromatic rings. The average molecular weight is 295 g/mol. The number of hydrogen-bond acceptors (Lipinski definition) is 2. The summed E-state index contributed by atoms with van der Waals surface area (Å²) < 4.78 is 2.26. The van der Waals surface area contributed by atoms with Gasteiger partial charge in [-0.25, -0.2) is 4.98 Å². The molecule has 4 heteroatoms. The van der Waals surface area contributed by atoms with Gasteiger partial charge in [0.2, 0.25) is 5.91 Å². The Morgan fingerprint density at radius 1 is 1.36 bits per heavy atom. The molecular formula is C18H21N3O. The number of benzene rings is 1. The molecule has 2 heterocycles. The first kappa shape index (κ1) is 13.6. The monoisotopic (exact) mass is 295 g/mol. The Hall–Kier alpha value is -2.10. The van der Waals surface area contributed by atoms with Crippen molar-refractivity contribution in [1.82, 2.24) is 9.55 Å². The third kappa shape index (κ3) is 2.54. The SMILES string of the molecule is C[C@H]1C[C@H]1C(=O)Nc1cccc(-c2cn3c(n2)CCCC3)c1. The fraction of sp³-hybridized carbons (Fsp3) is 0.444. The van der Waals surface area contributed by atoms with Gasteiger partial charge in [-0.1, -0.05) is 19.1 Å². The number of hydrogen-bond donors (Lipinski definition) is 1. The number of anilines is 1. The predicted molar refractivity (Wildman–Crippen MR) is 86.5 cm³/mol. The lowest BCUT2D eigenvalue weighted by atomic mass is 10.1. The number of carbonyl (C=O) groups is 1. The van der Waals surface area contributed by atoms with Gasteiger partial charge in [0.25, 0.3) is 0 Å². The molecule has 2 aliphatic rings. The second kappa shape index (κ2) is 5.27. The number of imidazole rings is 1. The summed E-state index contributed by atoms with van der Waals surface area (Å²) in [5.74, 6) is 2.06. The summed E-state index contributed by atoms with van der Waals surface area (Å²) in [5.41, 5.74) is 2.95. The van der Waals surface area contributed by atoms with Crippen LogP contribution in [0.3, 0.4) is 0 Å². The maximum absolute atomic E-state index is 12.1. The summed E-state index contributed by atoms with van der Waals surface area (Å²) >= 11 is 0. The molecule has 1 aliphatic carbocycles. The average Bonchev–Trinajstić information content (AvgIpc) is 3.11. The maximum Gasteiger partial charge on any atom is 0.227 e. The van der Waals surface area contributed by atoms with Crippen LogP contribution in [0.5, 0.6) is 0 Å². The normalized spacial score (nSPS) is 23.0. The second-order valence-electron chi connectivity index (χ2n) is 6.58. The van der Waals surface area contributed by atoms with Crippen molar-refractivity contribution in [3.8, 4) is 11.3 Å². The van der Waals surface area contributed by atoms with Crippen molar-refractivity contribution in [2.24, 2.45) is 11.8 Å². The first-order chi connectivity index (χ1) is 10.7. The number of aryl methyl sites for hydroxylation is 2. The molecular weight excluding hydrogens is 274 g/mol. The molecule has 0 saturated heterocycles. The van der Waals surface area contributed by atoms with E-state index >= 15 is 0 Å². The van der Waals surface area contributed by atoms with Crippen molar-refractivity contribution in [3.05, 3.63) is 36.3 Å². The molecule has 1 N–H and O–H groups in total. The van der Waals surface area contributed by atoms with Crippen LogP contribution in [-0.2, 0) is 17.8 Å². The van der Waals surface area contributed by atoms with Crippen molar-refractivity contribution in [2.75, 3.05) is 5.32 Å². The third-order valence-electron chi connectivity index (χ3n) is 4.78. The molecule has 1 aromatic heterocycles. The van der Waals surface area contributed by atoms with Gasteiger partial charge in [0.1, 0.15) is 5.82 Å². The van der Waals surface area contributed by atoms with E-state index in [4.69, 9.17) is 4.98 Å². The largest absolute Gasteiger partial charge is 0.334 e. The zero-order valence-electron chi connectivity index (χ0n) is 12.9. The molecule has 0 unspecified atom stereocenters. The van der Waals surface area contributed by atoms with E-state index in [1.54, 1.807) is 0 Å². The summed E-state index contributed by atoms with van der Waals surface area (Å²) in [7, 11) is 0. The van der Waals surface area contributed by atoms with Crippen molar-refractivity contribution in [3.63, 3.8) is 0 Å². The standard InChI is InChI=1S/C18H21N3O/c1-12-9-15(12)18(22)19-14-6-4-5-13(10-14)16-11-21-8-3-2-7-17(21)20-16/h4-6,10-12,15H,2-3,7-9H2,1H3,(H,19,22)/t12-,15+/m0/s1. The van der Waals surface area contributed by atoms with Crippen LogP contribution in [-0.4, -0.2) is 15.5 Å². The quantitative estimate of drug-likeness (QED) is 0.942. The van der Waals surface area contributed by atoms with E-state index in [0.717, 1.165) is 36.3 Å². The van der Waals surface area contributed by atoms with Crippen LogP contribution in [0, 0.1) is 11.8 Å².